The zero-order valence-electron chi connectivity index (χ0n) is 18.3. The van der Waals surface area contributed by atoms with Gasteiger partial charge in [-0.3, -0.25) is 14.7 Å². The standard InChI is InChI=1S/C26H28ClN3O2/c1-32-24-11-9-23(10-12-24)29-26(31)18-30-14-2-3-21(17-30)25-13-6-20(16-28-25)15-19-4-7-22(27)8-5-19/h4-13,16,21H,2-3,14-15,17-18H2,1H3,(H,29,31). The first-order valence-corrected chi connectivity index (χ1v) is 11.3. The molecule has 1 atom stereocenters. The highest BCUT2D eigenvalue weighted by Gasteiger charge is 2.23. The highest BCUT2D eigenvalue weighted by Crippen LogP contribution is 2.26. The number of aromatic nitrogens is 1. The van der Waals surface area contributed by atoms with Crippen LogP contribution in [0.2, 0.25) is 5.02 Å². The Morgan fingerprint density at radius 2 is 1.84 bits per heavy atom. The Morgan fingerprint density at radius 1 is 1.09 bits per heavy atom. The Bertz CT molecular complexity index is 1020. The summed E-state index contributed by atoms with van der Waals surface area (Å²) in [5.74, 6) is 1.12. The summed E-state index contributed by atoms with van der Waals surface area (Å²) in [7, 11) is 1.63. The number of nitrogens with zero attached hydrogens (tertiary/aromatic N) is 2. The van der Waals surface area contributed by atoms with Crippen LogP contribution in [0.4, 0.5) is 5.69 Å². The molecule has 1 aliphatic rings. The average molecular weight is 450 g/mol. The van der Waals surface area contributed by atoms with Crippen LogP contribution in [0.5, 0.6) is 5.75 Å². The molecule has 5 nitrogen and oxygen atoms in total. The maximum atomic E-state index is 12.5. The number of methoxy groups -OCH3 is 1. The zero-order chi connectivity index (χ0) is 22.3. The molecule has 3 aromatic rings. The van der Waals surface area contributed by atoms with E-state index in [9.17, 15) is 4.79 Å². The molecular formula is C26H28ClN3O2. The number of anilines is 1. The normalized spacial score (nSPS) is 16.5. The van der Waals surface area contributed by atoms with Crippen molar-refractivity contribution in [2.24, 2.45) is 0 Å². The number of benzene rings is 2. The molecule has 1 saturated heterocycles. The van der Waals surface area contributed by atoms with Crippen LogP contribution in [0, 0.1) is 0 Å². The van der Waals surface area contributed by atoms with Crippen molar-refractivity contribution in [2.45, 2.75) is 25.2 Å². The van der Waals surface area contributed by atoms with Crippen LogP contribution < -0.4 is 10.1 Å². The number of nitrogens with one attached hydrogen (secondary N) is 1. The minimum atomic E-state index is 0.00193. The molecule has 166 valence electrons. The number of hydrogen-bond acceptors (Lipinski definition) is 4. The zero-order valence-corrected chi connectivity index (χ0v) is 19.0. The lowest BCUT2D eigenvalue weighted by molar-refractivity contribution is -0.117. The molecule has 6 heteroatoms. The van der Waals surface area contributed by atoms with E-state index < -0.39 is 0 Å². The van der Waals surface area contributed by atoms with Gasteiger partial charge < -0.3 is 10.1 Å². The van der Waals surface area contributed by atoms with Crippen molar-refractivity contribution in [1.82, 2.24) is 9.88 Å². The van der Waals surface area contributed by atoms with Gasteiger partial charge in [-0.1, -0.05) is 29.8 Å². The van der Waals surface area contributed by atoms with Crippen molar-refractivity contribution in [1.29, 1.82) is 0 Å². The third-order valence-electron chi connectivity index (χ3n) is 5.83. The van der Waals surface area contributed by atoms with Gasteiger partial charge in [-0.05, 0) is 79.4 Å². The molecular weight excluding hydrogens is 422 g/mol. The van der Waals surface area contributed by atoms with Gasteiger partial charge in [-0.2, -0.15) is 0 Å². The van der Waals surface area contributed by atoms with Crippen molar-refractivity contribution in [3.05, 3.63) is 88.7 Å². The summed E-state index contributed by atoms with van der Waals surface area (Å²) >= 11 is 5.97. The van der Waals surface area contributed by atoms with E-state index in [0.29, 0.717) is 12.5 Å². The number of piperidine rings is 1. The van der Waals surface area contributed by atoms with Crippen LogP contribution in [-0.2, 0) is 11.2 Å². The fourth-order valence-electron chi connectivity index (χ4n) is 4.14. The van der Waals surface area contributed by atoms with E-state index >= 15 is 0 Å². The minimum Gasteiger partial charge on any atom is -0.497 e. The molecule has 1 aliphatic heterocycles. The molecule has 1 N–H and O–H groups in total. The third-order valence-corrected chi connectivity index (χ3v) is 6.09. The topological polar surface area (TPSA) is 54.5 Å². The van der Waals surface area contributed by atoms with Crippen LogP contribution in [-0.4, -0.2) is 42.5 Å². The van der Waals surface area contributed by atoms with Gasteiger partial charge in [0.25, 0.3) is 0 Å². The fraction of sp³-hybridized carbons (Fsp3) is 0.308. The summed E-state index contributed by atoms with van der Waals surface area (Å²) in [4.78, 5) is 19.5. The molecule has 0 spiro atoms. The largest absolute Gasteiger partial charge is 0.497 e. The van der Waals surface area contributed by atoms with Crippen molar-refractivity contribution in [2.75, 3.05) is 32.1 Å². The highest BCUT2D eigenvalue weighted by molar-refractivity contribution is 6.30. The highest BCUT2D eigenvalue weighted by atomic mass is 35.5. The van der Waals surface area contributed by atoms with Crippen LogP contribution in [0.3, 0.4) is 0 Å². The molecule has 2 aromatic carbocycles. The average Bonchev–Trinajstić information content (AvgIpc) is 2.82. The summed E-state index contributed by atoms with van der Waals surface area (Å²) in [6.07, 6.45) is 4.97. The summed E-state index contributed by atoms with van der Waals surface area (Å²) in [6.45, 7) is 2.16. The number of halogens is 1. The van der Waals surface area contributed by atoms with Gasteiger partial charge >= 0.3 is 0 Å². The molecule has 0 radical (unpaired) electrons. The second-order valence-corrected chi connectivity index (χ2v) is 8.68. The third kappa shape index (κ3) is 6.09. The molecule has 2 heterocycles. The Morgan fingerprint density at radius 3 is 2.53 bits per heavy atom. The maximum absolute atomic E-state index is 12.5. The van der Waals surface area contributed by atoms with Gasteiger partial charge in [0.1, 0.15) is 5.75 Å². The minimum absolute atomic E-state index is 0.00193. The summed E-state index contributed by atoms with van der Waals surface area (Å²) in [6, 6.07) is 19.6. The number of likely N-dealkylation sites (tertiary alicyclic amines) is 1. The number of rotatable bonds is 7. The van der Waals surface area contributed by atoms with Gasteiger partial charge in [-0.15, -0.1) is 0 Å². The molecule has 32 heavy (non-hydrogen) atoms. The monoisotopic (exact) mass is 449 g/mol. The number of amides is 1. The van der Waals surface area contributed by atoms with Gasteiger partial charge in [0, 0.05) is 35.1 Å². The second-order valence-electron chi connectivity index (χ2n) is 8.25. The SMILES string of the molecule is COc1ccc(NC(=O)CN2CCCC(c3ccc(Cc4ccc(Cl)cc4)cn3)C2)cc1. The molecule has 0 saturated carbocycles. The molecule has 1 unspecified atom stereocenters. The van der Waals surface area contributed by atoms with Gasteiger partial charge in [0.05, 0.1) is 13.7 Å². The van der Waals surface area contributed by atoms with Crippen LogP contribution in [0.1, 0.15) is 35.6 Å². The van der Waals surface area contributed by atoms with E-state index in [4.69, 9.17) is 21.3 Å². The Labute approximate surface area is 194 Å². The summed E-state index contributed by atoms with van der Waals surface area (Å²) in [5, 5.41) is 3.72. The summed E-state index contributed by atoms with van der Waals surface area (Å²) in [5.41, 5.74) is 4.28. The first-order chi connectivity index (χ1) is 15.6. The van der Waals surface area contributed by atoms with Crippen LogP contribution >= 0.6 is 11.6 Å². The molecule has 1 aromatic heterocycles. The number of carbonyl (C=O) groups excluding carboxylic acids is 1. The number of hydrogen-bond donors (Lipinski definition) is 1. The van der Waals surface area contributed by atoms with Crippen molar-refractivity contribution >= 4 is 23.2 Å². The van der Waals surface area contributed by atoms with E-state index in [1.807, 2.05) is 54.7 Å². The van der Waals surface area contributed by atoms with Gasteiger partial charge in [-0.25, -0.2) is 0 Å². The molecule has 0 aliphatic carbocycles. The predicted molar refractivity (Wildman–Crippen MR) is 129 cm³/mol. The van der Waals surface area contributed by atoms with Crippen molar-refractivity contribution in [3.8, 4) is 5.75 Å². The molecule has 1 fully saturated rings. The van der Waals surface area contributed by atoms with Gasteiger partial charge in [0.2, 0.25) is 5.91 Å². The lowest BCUT2D eigenvalue weighted by Crippen LogP contribution is -2.40. The van der Waals surface area contributed by atoms with E-state index in [1.165, 1.54) is 11.1 Å². The first kappa shape index (κ1) is 22.3. The predicted octanol–water partition coefficient (Wildman–Crippen LogP) is 5.15. The summed E-state index contributed by atoms with van der Waals surface area (Å²) < 4.78 is 5.16. The quantitative estimate of drug-likeness (QED) is 0.541. The second kappa shape index (κ2) is 10.6. The Hall–Kier alpha value is -2.89. The Balaban J connectivity index is 1.30. The number of ether oxygens (including phenoxy) is 1. The van der Waals surface area contributed by atoms with E-state index in [1.54, 1.807) is 7.11 Å². The van der Waals surface area contributed by atoms with Crippen LogP contribution in [0.15, 0.2) is 66.9 Å². The van der Waals surface area contributed by atoms with Gasteiger partial charge in [0.15, 0.2) is 0 Å². The van der Waals surface area contributed by atoms with Crippen molar-refractivity contribution in [3.63, 3.8) is 0 Å². The Kier molecular flexibility index (Phi) is 7.40. The number of pyridine rings is 1. The lowest BCUT2D eigenvalue weighted by Gasteiger charge is -2.32. The number of carbonyl (C=O) groups is 1. The van der Waals surface area contributed by atoms with Crippen LogP contribution in [0.25, 0.3) is 0 Å². The van der Waals surface area contributed by atoms with E-state index in [-0.39, 0.29) is 5.91 Å². The van der Waals surface area contributed by atoms with E-state index in [2.05, 4.69) is 22.3 Å². The fourth-order valence-corrected chi connectivity index (χ4v) is 4.26. The smallest absolute Gasteiger partial charge is 0.238 e. The molecule has 0 bridgehead atoms. The lowest BCUT2D eigenvalue weighted by atomic mass is 9.93. The molecule has 1 amide bonds. The first-order valence-electron chi connectivity index (χ1n) is 10.9. The van der Waals surface area contributed by atoms with Crippen molar-refractivity contribution < 1.29 is 9.53 Å². The molecule has 4 rings (SSSR count). The maximum Gasteiger partial charge on any atom is 0.238 e. The van der Waals surface area contributed by atoms with E-state index in [0.717, 1.165) is 54.5 Å².